The van der Waals surface area contributed by atoms with Gasteiger partial charge < -0.3 is 19.9 Å². The van der Waals surface area contributed by atoms with Crippen molar-refractivity contribution in [2.45, 2.75) is 32.0 Å². The summed E-state index contributed by atoms with van der Waals surface area (Å²) in [5, 5.41) is 3.06. The Hall–Kier alpha value is -3.01. The smallest absolute Gasteiger partial charge is 0.318 e. The Morgan fingerprint density at radius 2 is 2.25 bits per heavy atom. The van der Waals surface area contributed by atoms with Crippen molar-refractivity contribution in [3.63, 3.8) is 0 Å². The van der Waals surface area contributed by atoms with Crippen LogP contribution in [-0.2, 0) is 0 Å². The molecule has 146 valence electrons. The Kier molecular flexibility index (Phi) is 4.71. The van der Waals surface area contributed by atoms with Crippen LogP contribution in [0.25, 0.3) is 0 Å². The van der Waals surface area contributed by atoms with Crippen LogP contribution >= 0.6 is 0 Å². The van der Waals surface area contributed by atoms with E-state index in [1.807, 2.05) is 17.9 Å². The molecule has 2 aliphatic rings. The first-order valence-electron chi connectivity index (χ1n) is 9.42. The highest BCUT2D eigenvalue weighted by atomic mass is 19.1. The molecule has 6 nitrogen and oxygen atoms in total. The van der Waals surface area contributed by atoms with Gasteiger partial charge in [-0.2, -0.15) is 0 Å². The number of nitrogens with zero attached hydrogens (tertiary/aromatic N) is 3. The molecule has 2 aromatic rings. The predicted molar refractivity (Wildman–Crippen MR) is 103 cm³/mol. The number of hydrogen-bond acceptors (Lipinski definition) is 4. The van der Waals surface area contributed by atoms with Gasteiger partial charge >= 0.3 is 6.03 Å². The number of urea groups is 1. The number of piperazine rings is 1. The van der Waals surface area contributed by atoms with Crippen molar-refractivity contribution in [1.82, 2.24) is 15.2 Å². The molecule has 1 aromatic carbocycles. The Labute approximate surface area is 164 Å². The summed E-state index contributed by atoms with van der Waals surface area (Å²) in [4.78, 5) is 20.7. The molecule has 28 heavy (non-hydrogen) atoms. The fourth-order valence-electron chi connectivity index (χ4n) is 4.12. The summed E-state index contributed by atoms with van der Waals surface area (Å²) < 4.78 is 19.3. The van der Waals surface area contributed by atoms with E-state index in [0.717, 1.165) is 5.56 Å². The van der Waals surface area contributed by atoms with Crippen molar-refractivity contribution in [2.75, 3.05) is 25.1 Å². The Morgan fingerprint density at radius 1 is 1.43 bits per heavy atom. The van der Waals surface area contributed by atoms with Gasteiger partial charge in [0.25, 0.3) is 0 Å². The van der Waals surface area contributed by atoms with Gasteiger partial charge in [0.15, 0.2) is 11.6 Å². The molecule has 1 aliphatic carbocycles. The summed E-state index contributed by atoms with van der Waals surface area (Å²) in [6, 6.07) is 11.0. The van der Waals surface area contributed by atoms with E-state index in [-0.39, 0.29) is 35.9 Å². The van der Waals surface area contributed by atoms with Crippen molar-refractivity contribution in [1.29, 1.82) is 0 Å². The van der Waals surface area contributed by atoms with Crippen molar-refractivity contribution < 1.29 is 13.9 Å². The van der Waals surface area contributed by atoms with Crippen molar-refractivity contribution >= 4 is 11.7 Å². The highest BCUT2D eigenvalue weighted by molar-refractivity contribution is 5.76. The first-order chi connectivity index (χ1) is 13.5. The number of rotatable bonds is 4. The maximum Gasteiger partial charge on any atom is 0.318 e. The summed E-state index contributed by atoms with van der Waals surface area (Å²) in [5.41, 5.74) is 1.47. The molecule has 1 aromatic heterocycles. The van der Waals surface area contributed by atoms with E-state index >= 15 is 0 Å². The maximum absolute atomic E-state index is 14.2. The molecule has 1 saturated carbocycles. The lowest BCUT2D eigenvalue weighted by molar-refractivity contribution is 0.185. The van der Waals surface area contributed by atoms with Gasteiger partial charge in [0.1, 0.15) is 0 Å². The van der Waals surface area contributed by atoms with Crippen LogP contribution in [0.5, 0.6) is 5.75 Å². The molecule has 4 atom stereocenters. The first-order valence-corrected chi connectivity index (χ1v) is 9.42. The largest absolute Gasteiger partial charge is 0.489 e. The number of nitrogens with one attached hydrogen (secondary N) is 1. The van der Waals surface area contributed by atoms with E-state index in [9.17, 15) is 9.18 Å². The number of methoxy groups -OCH3 is 1. The van der Waals surface area contributed by atoms with E-state index in [1.165, 1.54) is 6.20 Å². The van der Waals surface area contributed by atoms with E-state index in [4.69, 9.17) is 4.74 Å². The SMILES string of the molecule is COc1c#ccc([C@@H](C)NC(=O)N2CCN(c3ccncc3F)[C@H]3C2[C@H]3C)c1. The number of carbonyl (C=O) groups excluding carboxylic acids is 1. The number of aromatic nitrogens is 1. The second-order valence-electron chi connectivity index (χ2n) is 7.35. The number of anilines is 1. The molecule has 0 bridgehead atoms. The third kappa shape index (κ3) is 3.19. The van der Waals surface area contributed by atoms with Crippen molar-refractivity contribution in [2.24, 2.45) is 5.92 Å². The third-order valence-electron chi connectivity index (χ3n) is 5.70. The fourth-order valence-corrected chi connectivity index (χ4v) is 4.12. The zero-order chi connectivity index (χ0) is 19.8. The number of amides is 2. The van der Waals surface area contributed by atoms with Gasteiger partial charge in [0.2, 0.25) is 0 Å². The van der Waals surface area contributed by atoms with Gasteiger partial charge in [-0.3, -0.25) is 4.98 Å². The zero-order valence-corrected chi connectivity index (χ0v) is 16.1. The average molecular weight is 382 g/mol. The van der Waals surface area contributed by atoms with E-state index in [1.54, 1.807) is 25.4 Å². The van der Waals surface area contributed by atoms with Crippen LogP contribution in [0.2, 0.25) is 0 Å². The molecular formula is C21H23FN4O2. The zero-order valence-electron chi connectivity index (χ0n) is 16.1. The Morgan fingerprint density at radius 3 is 3.00 bits per heavy atom. The molecule has 7 heteroatoms. The number of hydrogen-bond donors (Lipinski definition) is 1. The van der Waals surface area contributed by atoms with Crippen LogP contribution in [0.4, 0.5) is 14.9 Å². The number of ether oxygens (including phenoxy) is 1. The minimum absolute atomic E-state index is 0.0821. The lowest BCUT2D eigenvalue weighted by Crippen LogP contribution is -2.52. The highest BCUT2D eigenvalue weighted by Crippen LogP contribution is 2.45. The van der Waals surface area contributed by atoms with Crippen LogP contribution in [0.3, 0.4) is 0 Å². The molecule has 0 spiro atoms. The predicted octanol–water partition coefficient (Wildman–Crippen LogP) is 2.81. The van der Waals surface area contributed by atoms with Crippen LogP contribution in [0, 0.1) is 23.9 Å². The minimum Gasteiger partial charge on any atom is -0.489 e. The van der Waals surface area contributed by atoms with Gasteiger partial charge in [0, 0.05) is 25.2 Å². The van der Waals surface area contributed by atoms with E-state index < -0.39 is 0 Å². The normalized spacial score (nSPS) is 24.1. The summed E-state index contributed by atoms with van der Waals surface area (Å²) in [6.45, 7) is 5.17. The van der Waals surface area contributed by atoms with Crippen LogP contribution in [0.1, 0.15) is 25.5 Å². The maximum atomic E-state index is 14.2. The monoisotopic (exact) mass is 382 g/mol. The van der Waals surface area contributed by atoms with Crippen LogP contribution < -0.4 is 15.0 Å². The number of carbonyl (C=O) groups is 1. The lowest BCUT2D eigenvalue weighted by Gasteiger charge is -2.36. The molecular weight excluding hydrogens is 359 g/mol. The standard InChI is InChI=1S/C21H23FN4O2/c1-13-19-20(13)26(10-9-25(19)18-7-8-23-12-17(18)22)21(27)24-14(2)15-5-4-6-16(11-15)28-3/h5,7-8,11-14,19-20H,9-10H2,1-3H3,(H,24,27)/t13-,14+,19+,20?/m0/s1. The number of fused-ring (bicyclic) bond motifs is 1. The second-order valence-corrected chi connectivity index (χ2v) is 7.35. The van der Waals surface area contributed by atoms with Gasteiger partial charge in [-0.1, -0.05) is 13.0 Å². The summed E-state index contributed by atoms with van der Waals surface area (Å²) in [5.74, 6) is 0.552. The molecule has 2 amide bonds. The molecule has 4 rings (SSSR count). The van der Waals surface area contributed by atoms with E-state index in [2.05, 4.69) is 34.3 Å². The topological polar surface area (TPSA) is 57.7 Å². The minimum atomic E-state index is -0.321. The van der Waals surface area contributed by atoms with Gasteiger partial charge in [-0.15, -0.1) is 0 Å². The van der Waals surface area contributed by atoms with Crippen molar-refractivity contribution in [3.8, 4) is 5.75 Å². The number of halogens is 1. The summed E-state index contributed by atoms with van der Waals surface area (Å²) >= 11 is 0. The number of pyridine rings is 1. The third-order valence-corrected chi connectivity index (χ3v) is 5.70. The average Bonchev–Trinajstić information content (AvgIpc) is 3.39. The van der Waals surface area contributed by atoms with Crippen LogP contribution in [0.15, 0.2) is 30.6 Å². The van der Waals surface area contributed by atoms with Gasteiger partial charge in [-0.25, -0.2) is 9.18 Å². The lowest BCUT2D eigenvalue weighted by atomic mass is 10.1. The molecule has 0 radical (unpaired) electrons. The Balaban J connectivity index is 1.44. The van der Waals surface area contributed by atoms with Crippen molar-refractivity contribution in [3.05, 3.63) is 54.1 Å². The molecule has 1 unspecified atom stereocenters. The van der Waals surface area contributed by atoms with E-state index in [0.29, 0.717) is 24.5 Å². The van der Waals surface area contributed by atoms with Gasteiger partial charge in [0.05, 0.1) is 37.1 Å². The molecule has 1 aliphatic heterocycles. The quantitative estimate of drug-likeness (QED) is 0.884. The molecule has 2 fully saturated rings. The summed E-state index contributed by atoms with van der Waals surface area (Å²) in [7, 11) is 1.58. The first kappa shape index (κ1) is 18.4. The molecule has 1 saturated heterocycles. The van der Waals surface area contributed by atoms with Gasteiger partial charge in [-0.05, 0) is 36.8 Å². The highest BCUT2D eigenvalue weighted by Gasteiger charge is 2.58. The molecule has 1 N–H and O–H groups in total. The summed E-state index contributed by atoms with van der Waals surface area (Å²) in [6.07, 6.45) is 2.84. The second kappa shape index (κ2) is 7.19. The Bertz CT molecular complexity index is 877. The van der Waals surface area contributed by atoms with Crippen LogP contribution in [-0.4, -0.2) is 48.2 Å². The molecule has 2 heterocycles. The fraction of sp³-hybridized carbons (Fsp3) is 0.429.